The van der Waals surface area contributed by atoms with Crippen LogP contribution in [0.2, 0.25) is 0 Å². The van der Waals surface area contributed by atoms with Crippen molar-refractivity contribution in [2.24, 2.45) is 23.2 Å². The van der Waals surface area contributed by atoms with Gasteiger partial charge in [-0.05, 0) is 56.9 Å². The molecule has 128 valence electrons. The summed E-state index contributed by atoms with van der Waals surface area (Å²) in [5.74, 6) is 2.79. The van der Waals surface area contributed by atoms with Crippen molar-refractivity contribution < 1.29 is 14.6 Å². The Hall–Kier alpha value is -0.800. The fraction of sp³-hybridized carbons (Fsp3) is 0.800. The monoisotopic (exact) mass is 318 g/mol. The first kappa shape index (κ1) is 15.7. The van der Waals surface area contributed by atoms with Crippen LogP contribution in [0, 0.1) is 23.2 Å². The molecule has 0 aromatic heterocycles. The fourth-order valence-electron chi connectivity index (χ4n) is 6.03. The number of methoxy groups -OCH3 is 1. The van der Waals surface area contributed by atoms with E-state index in [9.17, 15) is 5.11 Å². The molecule has 3 heteroatoms. The molecule has 23 heavy (non-hydrogen) atoms. The summed E-state index contributed by atoms with van der Waals surface area (Å²) < 4.78 is 11.8. The standard InChI is InChI=1S/C20H30O3/c1-12(21)18-11-23-19-17-6-4-13-10-14(22-3)5-7-15(13)16(17)8-9-20(18,19)2/h5,12,16-19,21H,4,6-11H2,1-3H3/t12?,16-,17-,18-,19+,20-/m1/s1. The average molecular weight is 318 g/mol. The van der Waals surface area contributed by atoms with E-state index < -0.39 is 0 Å². The molecule has 4 aliphatic rings. The molecule has 3 nitrogen and oxygen atoms in total. The van der Waals surface area contributed by atoms with Crippen molar-refractivity contribution in [2.75, 3.05) is 13.7 Å². The summed E-state index contributed by atoms with van der Waals surface area (Å²) >= 11 is 0. The highest BCUT2D eigenvalue weighted by Gasteiger charge is 2.57. The first-order valence-corrected chi connectivity index (χ1v) is 9.28. The maximum Gasteiger partial charge on any atom is 0.0959 e. The van der Waals surface area contributed by atoms with Crippen LogP contribution in [0.4, 0.5) is 0 Å². The Morgan fingerprint density at radius 2 is 2.22 bits per heavy atom. The highest BCUT2D eigenvalue weighted by atomic mass is 16.5. The maximum atomic E-state index is 10.2. The number of hydrogen-bond donors (Lipinski definition) is 1. The summed E-state index contributed by atoms with van der Waals surface area (Å²) in [6.07, 6.45) is 9.34. The lowest BCUT2D eigenvalue weighted by atomic mass is 9.55. The van der Waals surface area contributed by atoms with E-state index in [1.807, 2.05) is 6.92 Å². The van der Waals surface area contributed by atoms with Gasteiger partial charge in [0.25, 0.3) is 0 Å². The van der Waals surface area contributed by atoms with Crippen LogP contribution in [0.5, 0.6) is 0 Å². The quantitative estimate of drug-likeness (QED) is 0.787. The Labute approximate surface area is 139 Å². The predicted molar refractivity (Wildman–Crippen MR) is 89.8 cm³/mol. The Morgan fingerprint density at radius 3 is 2.96 bits per heavy atom. The van der Waals surface area contributed by atoms with Crippen LogP contribution in [-0.2, 0) is 9.47 Å². The Balaban J connectivity index is 1.59. The minimum atomic E-state index is -0.262. The third kappa shape index (κ3) is 2.31. The maximum absolute atomic E-state index is 10.2. The third-order valence-corrected chi connectivity index (χ3v) is 7.32. The van der Waals surface area contributed by atoms with Gasteiger partial charge in [-0.25, -0.2) is 0 Å². The van der Waals surface area contributed by atoms with Crippen molar-refractivity contribution in [1.82, 2.24) is 0 Å². The van der Waals surface area contributed by atoms with Crippen molar-refractivity contribution in [1.29, 1.82) is 0 Å². The van der Waals surface area contributed by atoms with Gasteiger partial charge in [0.15, 0.2) is 0 Å². The van der Waals surface area contributed by atoms with E-state index in [1.165, 1.54) is 25.7 Å². The molecule has 1 heterocycles. The highest BCUT2D eigenvalue weighted by molar-refractivity contribution is 5.32. The summed E-state index contributed by atoms with van der Waals surface area (Å²) in [6.45, 7) is 5.04. The molecule has 0 radical (unpaired) electrons. The van der Waals surface area contributed by atoms with E-state index in [0.29, 0.717) is 23.9 Å². The number of rotatable bonds is 2. The first-order valence-electron chi connectivity index (χ1n) is 9.28. The molecule has 4 rings (SSSR count). The largest absolute Gasteiger partial charge is 0.501 e. The molecule has 1 aliphatic heterocycles. The van der Waals surface area contributed by atoms with Gasteiger partial charge in [0.1, 0.15) is 0 Å². The minimum absolute atomic E-state index is 0.162. The molecule has 1 N–H and O–H groups in total. The average Bonchev–Trinajstić information content (AvgIpc) is 2.91. The molecule has 1 saturated heterocycles. The SMILES string of the molecule is COC1=CCC2=C(CC[C@@H]3[C@@H]2CC[C@]2(C)[C@@H](C(C)O)CO[C@@H]32)C1. The molecule has 2 fully saturated rings. The van der Waals surface area contributed by atoms with Crippen molar-refractivity contribution >= 4 is 0 Å². The summed E-state index contributed by atoms with van der Waals surface area (Å²) in [7, 11) is 1.79. The smallest absolute Gasteiger partial charge is 0.0959 e. The molecule has 1 unspecified atom stereocenters. The minimum Gasteiger partial charge on any atom is -0.501 e. The summed E-state index contributed by atoms with van der Waals surface area (Å²) in [5, 5.41) is 10.2. The number of aliphatic hydroxyl groups excluding tert-OH is 1. The van der Waals surface area contributed by atoms with Crippen LogP contribution in [0.15, 0.2) is 23.0 Å². The van der Waals surface area contributed by atoms with E-state index >= 15 is 0 Å². The van der Waals surface area contributed by atoms with Crippen LogP contribution >= 0.6 is 0 Å². The van der Waals surface area contributed by atoms with Gasteiger partial charge >= 0.3 is 0 Å². The normalized spacial score (nSPS) is 44.1. The number of fused-ring (bicyclic) bond motifs is 4. The second-order valence-electron chi connectivity index (χ2n) is 8.34. The zero-order valence-electron chi connectivity index (χ0n) is 14.7. The molecule has 3 aliphatic carbocycles. The fourth-order valence-corrected chi connectivity index (χ4v) is 6.03. The summed E-state index contributed by atoms with van der Waals surface area (Å²) in [5.41, 5.74) is 3.49. The lowest BCUT2D eigenvalue weighted by molar-refractivity contribution is -0.0559. The van der Waals surface area contributed by atoms with Crippen LogP contribution in [0.25, 0.3) is 0 Å². The molecule has 0 bridgehead atoms. The lowest BCUT2D eigenvalue weighted by Gasteiger charge is -2.51. The zero-order chi connectivity index (χ0) is 16.2. The highest BCUT2D eigenvalue weighted by Crippen LogP contribution is 2.58. The Kier molecular flexibility index (Phi) is 3.85. The Bertz CT molecular complexity index is 547. The molecular formula is C20H30O3. The van der Waals surface area contributed by atoms with Crippen LogP contribution in [0.3, 0.4) is 0 Å². The molecule has 0 spiro atoms. The summed E-state index contributed by atoms with van der Waals surface area (Å²) in [4.78, 5) is 0. The predicted octanol–water partition coefficient (Wildman–Crippen LogP) is 3.83. The number of aliphatic hydroxyl groups is 1. The number of hydrogen-bond acceptors (Lipinski definition) is 3. The first-order chi connectivity index (χ1) is 11.0. The van der Waals surface area contributed by atoms with Crippen molar-refractivity contribution in [3.63, 3.8) is 0 Å². The molecule has 1 saturated carbocycles. The molecule has 0 aromatic carbocycles. The molecular weight excluding hydrogens is 288 g/mol. The van der Waals surface area contributed by atoms with Crippen LogP contribution in [0.1, 0.15) is 52.4 Å². The van der Waals surface area contributed by atoms with Crippen LogP contribution in [-0.4, -0.2) is 31.0 Å². The Morgan fingerprint density at radius 1 is 1.39 bits per heavy atom. The van der Waals surface area contributed by atoms with Gasteiger partial charge in [0.2, 0.25) is 0 Å². The van der Waals surface area contributed by atoms with E-state index in [0.717, 1.165) is 25.2 Å². The van der Waals surface area contributed by atoms with Gasteiger partial charge in [0, 0.05) is 17.8 Å². The summed E-state index contributed by atoms with van der Waals surface area (Å²) in [6, 6.07) is 0. The van der Waals surface area contributed by atoms with Crippen LogP contribution < -0.4 is 0 Å². The van der Waals surface area contributed by atoms with Crippen molar-refractivity contribution in [2.45, 2.75) is 64.6 Å². The topological polar surface area (TPSA) is 38.7 Å². The van der Waals surface area contributed by atoms with Gasteiger partial charge in [0.05, 0.1) is 31.7 Å². The van der Waals surface area contributed by atoms with Gasteiger partial charge in [-0.1, -0.05) is 18.1 Å². The molecule has 0 aromatic rings. The number of allylic oxidation sites excluding steroid dienone is 3. The second kappa shape index (κ2) is 5.63. The van der Waals surface area contributed by atoms with Gasteiger partial charge in [-0.15, -0.1) is 0 Å². The second-order valence-corrected chi connectivity index (χ2v) is 8.34. The zero-order valence-corrected chi connectivity index (χ0v) is 14.7. The van der Waals surface area contributed by atoms with Gasteiger partial charge in [-0.3, -0.25) is 0 Å². The van der Waals surface area contributed by atoms with Crippen molar-refractivity contribution in [3.8, 4) is 0 Å². The van der Waals surface area contributed by atoms with E-state index in [1.54, 1.807) is 18.3 Å². The van der Waals surface area contributed by atoms with Gasteiger partial charge in [-0.2, -0.15) is 0 Å². The molecule has 6 atom stereocenters. The van der Waals surface area contributed by atoms with Gasteiger partial charge < -0.3 is 14.6 Å². The molecule has 0 amide bonds. The third-order valence-electron chi connectivity index (χ3n) is 7.32. The lowest BCUT2D eigenvalue weighted by Crippen LogP contribution is -2.49. The van der Waals surface area contributed by atoms with E-state index in [2.05, 4.69) is 13.0 Å². The van der Waals surface area contributed by atoms with E-state index in [4.69, 9.17) is 9.47 Å². The van der Waals surface area contributed by atoms with E-state index in [-0.39, 0.29) is 11.5 Å². The van der Waals surface area contributed by atoms with Crippen molar-refractivity contribution in [3.05, 3.63) is 23.0 Å². The number of ether oxygens (including phenoxy) is 2.